The van der Waals surface area contributed by atoms with E-state index in [1.54, 1.807) is 36.4 Å². The molecule has 0 saturated heterocycles. The predicted octanol–water partition coefficient (Wildman–Crippen LogP) is 1.66. The molecule has 0 spiro atoms. The molecule has 0 bridgehead atoms. The number of likely N-dealkylation sites (N-methyl/N-ethyl adjacent to an activating group) is 1. The van der Waals surface area contributed by atoms with Crippen LogP contribution >= 0.6 is 11.3 Å². The number of nitrogens with one attached hydrogen (secondary N) is 1. The number of aromatic nitrogens is 2. The minimum atomic E-state index is -0.630. The summed E-state index contributed by atoms with van der Waals surface area (Å²) in [5, 5.41) is 11.5. The lowest BCUT2D eigenvalue weighted by atomic mass is 9.96. The maximum atomic E-state index is 13.4. The number of hydrogen-bond donors (Lipinski definition) is 2. The van der Waals surface area contributed by atoms with Crippen LogP contribution in [0, 0.1) is 13.8 Å². The fourth-order valence-electron chi connectivity index (χ4n) is 3.75. The van der Waals surface area contributed by atoms with Crippen molar-refractivity contribution < 1.29 is 19.6 Å². The number of aliphatic hydroxyl groups is 1. The first-order valence-corrected chi connectivity index (χ1v) is 10.7. The van der Waals surface area contributed by atoms with Gasteiger partial charge in [0.1, 0.15) is 0 Å². The van der Waals surface area contributed by atoms with Crippen molar-refractivity contribution in [2.24, 2.45) is 0 Å². The van der Waals surface area contributed by atoms with Gasteiger partial charge in [0, 0.05) is 12.4 Å². The zero-order chi connectivity index (χ0) is 21.1. The highest BCUT2D eigenvalue weighted by atomic mass is 32.1. The number of aliphatic hydroxyl groups excluding tert-OH is 1. The maximum absolute atomic E-state index is 13.4. The quantitative estimate of drug-likeness (QED) is 0.640. The highest BCUT2D eigenvalue weighted by Gasteiger charge is 2.44. The molecule has 0 unspecified atom stereocenters. The number of thiazole rings is 1. The fraction of sp³-hybridized carbons (Fsp3) is 0.429. The summed E-state index contributed by atoms with van der Waals surface area (Å²) in [7, 11) is 0. The van der Waals surface area contributed by atoms with Crippen molar-refractivity contribution in [2.75, 3.05) is 26.2 Å². The van der Waals surface area contributed by atoms with E-state index < -0.39 is 17.7 Å². The molecule has 1 aliphatic heterocycles. The fourth-order valence-corrected chi connectivity index (χ4v) is 4.63. The van der Waals surface area contributed by atoms with Gasteiger partial charge in [0.05, 0.1) is 53.4 Å². The van der Waals surface area contributed by atoms with Crippen LogP contribution in [0.1, 0.15) is 45.8 Å². The molecule has 1 amide bonds. The zero-order valence-corrected chi connectivity index (χ0v) is 18.0. The van der Waals surface area contributed by atoms with Crippen molar-refractivity contribution in [3.8, 4) is 0 Å². The van der Waals surface area contributed by atoms with Crippen LogP contribution in [0.2, 0.25) is 0 Å². The number of carbonyl (C=O) groups excluding carboxylic acids is 2. The zero-order valence-electron chi connectivity index (χ0n) is 17.2. The van der Waals surface area contributed by atoms with Crippen molar-refractivity contribution in [1.82, 2.24) is 14.9 Å². The molecule has 2 aromatic heterocycles. The van der Waals surface area contributed by atoms with Gasteiger partial charge < -0.3 is 14.9 Å². The van der Waals surface area contributed by atoms with Crippen LogP contribution in [-0.2, 0) is 4.79 Å². The van der Waals surface area contributed by atoms with E-state index in [2.05, 4.69) is 23.8 Å². The molecular formula is C21H27N4O3S+. The van der Waals surface area contributed by atoms with Gasteiger partial charge >= 0.3 is 0 Å². The SMILES string of the molecule is CC[NH+](CC)CCN1C(=O)C(O)=C(C(=O)c2sc(C)nc2C)[C@H]1c1ccncc1. The van der Waals surface area contributed by atoms with Crippen molar-refractivity contribution in [2.45, 2.75) is 33.7 Å². The molecule has 29 heavy (non-hydrogen) atoms. The van der Waals surface area contributed by atoms with Gasteiger partial charge in [0.25, 0.3) is 5.91 Å². The smallest absolute Gasteiger partial charge is 0.290 e. The number of carbonyl (C=O) groups is 2. The Morgan fingerprint density at radius 3 is 2.45 bits per heavy atom. The number of aryl methyl sites for hydroxylation is 2. The molecule has 2 aromatic rings. The summed E-state index contributed by atoms with van der Waals surface area (Å²) >= 11 is 1.28. The monoisotopic (exact) mass is 415 g/mol. The first kappa shape index (κ1) is 21.1. The van der Waals surface area contributed by atoms with E-state index >= 15 is 0 Å². The summed E-state index contributed by atoms with van der Waals surface area (Å²) < 4.78 is 0. The summed E-state index contributed by atoms with van der Waals surface area (Å²) in [5.74, 6) is -1.30. The van der Waals surface area contributed by atoms with E-state index in [1.807, 2.05) is 6.92 Å². The highest BCUT2D eigenvalue weighted by Crippen LogP contribution is 2.39. The standard InChI is InChI=1S/C21H26N4O3S/c1-5-24(6-2)11-12-25-17(15-7-9-22-10-8-15)16(19(27)21(25)28)18(26)20-13(3)23-14(4)29-20/h7-10,17,27H,5-6,11-12H2,1-4H3/p+1/t17-/m1/s1. The number of rotatable bonds is 8. The number of nitrogens with zero attached hydrogens (tertiary/aromatic N) is 3. The Morgan fingerprint density at radius 1 is 1.24 bits per heavy atom. The molecule has 0 aliphatic carbocycles. The lowest BCUT2D eigenvalue weighted by Crippen LogP contribution is -3.12. The van der Waals surface area contributed by atoms with Gasteiger partial charge in [-0.3, -0.25) is 14.6 Å². The summed E-state index contributed by atoms with van der Waals surface area (Å²) in [5.41, 5.74) is 1.50. The molecule has 0 fully saturated rings. The first-order valence-electron chi connectivity index (χ1n) is 9.85. The van der Waals surface area contributed by atoms with Gasteiger partial charge in [-0.1, -0.05) is 0 Å². The topological polar surface area (TPSA) is 87.8 Å². The molecule has 1 aliphatic rings. The van der Waals surface area contributed by atoms with E-state index in [9.17, 15) is 14.7 Å². The maximum Gasteiger partial charge on any atom is 0.290 e. The average Bonchev–Trinajstić information content (AvgIpc) is 3.19. The molecule has 0 radical (unpaired) electrons. The minimum absolute atomic E-state index is 0.127. The third kappa shape index (κ3) is 4.09. The molecule has 0 aromatic carbocycles. The van der Waals surface area contributed by atoms with Gasteiger partial charge in [-0.2, -0.15) is 0 Å². The number of hydrogen-bond acceptors (Lipinski definition) is 6. The summed E-state index contributed by atoms with van der Waals surface area (Å²) in [4.78, 5) is 38.1. The third-order valence-electron chi connectivity index (χ3n) is 5.39. The van der Waals surface area contributed by atoms with E-state index in [0.717, 1.165) is 30.2 Å². The second kappa shape index (κ2) is 8.84. The molecule has 7 nitrogen and oxygen atoms in total. The molecule has 8 heteroatoms. The molecule has 1 atom stereocenters. The Kier molecular flexibility index (Phi) is 6.44. The molecule has 0 saturated carbocycles. The van der Waals surface area contributed by atoms with Crippen molar-refractivity contribution in [3.63, 3.8) is 0 Å². The Hall–Kier alpha value is -2.58. The average molecular weight is 416 g/mol. The van der Waals surface area contributed by atoms with Crippen LogP contribution in [0.25, 0.3) is 0 Å². The van der Waals surface area contributed by atoms with Crippen LogP contribution in [-0.4, -0.2) is 57.8 Å². The molecule has 3 rings (SSSR count). The summed E-state index contributed by atoms with van der Waals surface area (Å²) in [6, 6.07) is 2.94. The summed E-state index contributed by atoms with van der Waals surface area (Å²) in [6.07, 6.45) is 3.26. The summed E-state index contributed by atoms with van der Waals surface area (Å²) in [6.45, 7) is 10.9. The van der Waals surface area contributed by atoms with Gasteiger partial charge in [-0.25, -0.2) is 4.98 Å². The second-order valence-electron chi connectivity index (χ2n) is 7.13. The molecular weight excluding hydrogens is 388 g/mol. The molecule has 2 N–H and O–H groups in total. The molecule has 154 valence electrons. The van der Waals surface area contributed by atoms with Crippen LogP contribution in [0.5, 0.6) is 0 Å². The van der Waals surface area contributed by atoms with Crippen LogP contribution in [0.4, 0.5) is 0 Å². The Labute approximate surface area is 174 Å². The van der Waals surface area contributed by atoms with Crippen LogP contribution in [0.3, 0.4) is 0 Å². The van der Waals surface area contributed by atoms with Gasteiger partial charge in [0.15, 0.2) is 5.76 Å². The minimum Gasteiger partial charge on any atom is -0.503 e. The lowest BCUT2D eigenvalue weighted by molar-refractivity contribution is -0.895. The number of Topliss-reactive ketones (excluding diaryl/α,β-unsaturated/α-hetero) is 1. The van der Waals surface area contributed by atoms with E-state index in [1.165, 1.54) is 16.2 Å². The van der Waals surface area contributed by atoms with E-state index in [4.69, 9.17) is 0 Å². The number of amides is 1. The number of pyridine rings is 1. The van der Waals surface area contributed by atoms with E-state index in [0.29, 0.717) is 17.1 Å². The molecule has 3 heterocycles. The predicted molar refractivity (Wildman–Crippen MR) is 111 cm³/mol. The van der Waals surface area contributed by atoms with Crippen molar-refractivity contribution in [3.05, 3.63) is 57.0 Å². The number of ketones is 1. The Balaban J connectivity index is 2.02. The van der Waals surface area contributed by atoms with Crippen LogP contribution in [0.15, 0.2) is 35.9 Å². The Morgan fingerprint density at radius 2 is 1.90 bits per heavy atom. The van der Waals surface area contributed by atoms with Crippen molar-refractivity contribution >= 4 is 23.0 Å². The van der Waals surface area contributed by atoms with Gasteiger partial charge in [-0.05, 0) is 45.4 Å². The number of quaternary nitrogens is 1. The normalized spacial score (nSPS) is 16.9. The van der Waals surface area contributed by atoms with Gasteiger partial charge in [-0.15, -0.1) is 11.3 Å². The van der Waals surface area contributed by atoms with Crippen molar-refractivity contribution in [1.29, 1.82) is 0 Å². The second-order valence-corrected chi connectivity index (χ2v) is 8.33. The largest absolute Gasteiger partial charge is 0.503 e. The lowest BCUT2D eigenvalue weighted by Gasteiger charge is -2.28. The van der Waals surface area contributed by atoms with E-state index in [-0.39, 0.29) is 11.4 Å². The van der Waals surface area contributed by atoms with Gasteiger partial charge in [0.2, 0.25) is 5.78 Å². The van der Waals surface area contributed by atoms with Crippen LogP contribution < -0.4 is 4.90 Å². The first-order chi connectivity index (χ1) is 13.9. The Bertz CT molecular complexity index is 935. The highest BCUT2D eigenvalue weighted by molar-refractivity contribution is 7.14. The third-order valence-corrected chi connectivity index (χ3v) is 6.46.